The van der Waals surface area contributed by atoms with Gasteiger partial charge in [0.05, 0.1) is 38.5 Å². The molecule has 0 aromatic heterocycles. The van der Waals surface area contributed by atoms with Gasteiger partial charge in [-0.05, 0) is 25.0 Å². The predicted molar refractivity (Wildman–Crippen MR) is 89.3 cm³/mol. The standard InChI is InChI=1S/C17H23N3O4/c1-22-13-6-7-16(23-2)15(11-13)19-17(21)20(9-4-8-18)12-14-5-3-10-24-14/h6-7,11,14H,3-5,9-10,12H2,1-2H3,(H,19,21). The van der Waals surface area contributed by atoms with Crippen molar-refractivity contribution in [1.29, 1.82) is 5.26 Å². The van der Waals surface area contributed by atoms with Crippen LogP contribution in [0.4, 0.5) is 10.5 Å². The maximum Gasteiger partial charge on any atom is 0.322 e. The Labute approximate surface area is 142 Å². The third kappa shape index (κ3) is 4.77. The monoisotopic (exact) mass is 333 g/mol. The van der Waals surface area contributed by atoms with Crippen molar-refractivity contribution < 1.29 is 19.0 Å². The molecule has 1 fully saturated rings. The van der Waals surface area contributed by atoms with Gasteiger partial charge in [-0.2, -0.15) is 5.26 Å². The number of urea groups is 1. The van der Waals surface area contributed by atoms with E-state index >= 15 is 0 Å². The van der Waals surface area contributed by atoms with Crippen LogP contribution in [0.25, 0.3) is 0 Å². The van der Waals surface area contributed by atoms with E-state index in [2.05, 4.69) is 11.4 Å². The summed E-state index contributed by atoms with van der Waals surface area (Å²) >= 11 is 0. The second kappa shape index (κ2) is 8.99. The molecule has 0 spiro atoms. The van der Waals surface area contributed by atoms with Crippen LogP contribution in [0.15, 0.2) is 18.2 Å². The number of carbonyl (C=O) groups is 1. The molecule has 2 rings (SSSR count). The Bertz CT molecular complexity index is 594. The third-order valence-corrected chi connectivity index (χ3v) is 3.88. The number of nitrogens with zero attached hydrogens (tertiary/aromatic N) is 2. The van der Waals surface area contributed by atoms with Crippen molar-refractivity contribution in [2.45, 2.75) is 25.4 Å². The zero-order chi connectivity index (χ0) is 17.4. The fraction of sp³-hybridized carbons (Fsp3) is 0.529. The van der Waals surface area contributed by atoms with E-state index < -0.39 is 0 Å². The number of nitriles is 1. The average Bonchev–Trinajstić information content (AvgIpc) is 3.11. The topological polar surface area (TPSA) is 83.8 Å². The van der Waals surface area contributed by atoms with Crippen molar-refractivity contribution in [3.05, 3.63) is 18.2 Å². The van der Waals surface area contributed by atoms with Gasteiger partial charge in [0.15, 0.2) is 0 Å². The van der Waals surface area contributed by atoms with E-state index in [0.717, 1.165) is 19.4 Å². The molecule has 0 bridgehead atoms. The van der Waals surface area contributed by atoms with Gasteiger partial charge in [0, 0.05) is 25.8 Å². The van der Waals surface area contributed by atoms with Gasteiger partial charge in [0.2, 0.25) is 0 Å². The summed E-state index contributed by atoms with van der Waals surface area (Å²) < 4.78 is 16.1. The van der Waals surface area contributed by atoms with Crippen LogP contribution in [0.2, 0.25) is 0 Å². The average molecular weight is 333 g/mol. The Morgan fingerprint density at radius 2 is 2.29 bits per heavy atom. The van der Waals surface area contributed by atoms with Crippen LogP contribution in [0.3, 0.4) is 0 Å². The molecule has 1 saturated heterocycles. The first-order chi connectivity index (χ1) is 11.7. The largest absolute Gasteiger partial charge is 0.497 e. The highest BCUT2D eigenvalue weighted by Crippen LogP contribution is 2.29. The normalized spacial score (nSPS) is 16.3. The van der Waals surface area contributed by atoms with E-state index in [4.69, 9.17) is 19.5 Å². The Morgan fingerprint density at radius 1 is 1.46 bits per heavy atom. The molecule has 2 amide bonds. The Kier molecular flexibility index (Phi) is 6.70. The lowest BCUT2D eigenvalue weighted by Crippen LogP contribution is -2.40. The number of amides is 2. The van der Waals surface area contributed by atoms with Crippen molar-refractivity contribution >= 4 is 11.7 Å². The molecule has 1 aliphatic heterocycles. The summed E-state index contributed by atoms with van der Waals surface area (Å²) in [5.74, 6) is 1.16. The summed E-state index contributed by atoms with van der Waals surface area (Å²) in [6, 6.07) is 6.98. The highest BCUT2D eigenvalue weighted by Gasteiger charge is 2.23. The molecular weight excluding hydrogens is 310 g/mol. The molecule has 1 aliphatic rings. The van der Waals surface area contributed by atoms with Gasteiger partial charge in [0.25, 0.3) is 0 Å². The van der Waals surface area contributed by atoms with Crippen LogP contribution in [0.5, 0.6) is 11.5 Å². The summed E-state index contributed by atoms with van der Waals surface area (Å²) in [4.78, 5) is 14.2. The van der Waals surface area contributed by atoms with Crippen LogP contribution in [0, 0.1) is 11.3 Å². The van der Waals surface area contributed by atoms with Gasteiger partial charge >= 0.3 is 6.03 Å². The molecule has 0 aliphatic carbocycles. The number of benzene rings is 1. The summed E-state index contributed by atoms with van der Waals surface area (Å²) in [5.41, 5.74) is 0.524. The first-order valence-electron chi connectivity index (χ1n) is 7.94. The lowest BCUT2D eigenvalue weighted by molar-refractivity contribution is 0.0841. The van der Waals surface area contributed by atoms with Gasteiger partial charge in [-0.1, -0.05) is 0 Å². The van der Waals surface area contributed by atoms with Crippen LogP contribution >= 0.6 is 0 Å². The molecule has 1 atom stereocenters. The van der Waals surface area contributed by atoms with Gasteiger partial charge in [-0.15, -0.1) is 0 Å². The highest BCUT2D eigenvalue weighted by atomic mass is 16.5. The number of hydrogen-bond acceptors (Lipinski definition) is 5. The number of nitrogens with one attached hydrogen (secondary N) is 1. The number of anilines is 1. The SMILES string of the molecule is COc1ccc(OC)c(NC(=O)N(CCC#N)CC2CCCO2)c1. The van der Waals surface area contributed by atoms with E-state index in [9.17, 15) is 4.79 Å². The van der Waals surface area contributed by atoms with Crippen LogP contribution in [-0.2, 0) is 4.74 Å². The summed E-state index contributed by atoms with van der Waals surface area (Å²) in [6.07, 6.45) is 2.23. The minimum absolute atomic E-state index is 0.0293. The minimum Gasteiger partial charge on any atom is -0.497 e. The Morgan fingerprint density at radius 3 is 2.92 bits per heavy atom. The van der Waals surface area contributed by atoms with Gasteiger partial charge in [-0.3, -0.25) is 0 Å². The summed E-state index contributed by atoms with van der Waals surface area (Å²) in [6.45, 7) is 1.55. The summed E-state index contributed by atoms with van der Waals surface area (Å²) in [7, 11) is 3.10. The fourth-order valence-corrected chi connectivity index (χ4v) is 2.60. The van der Waals surface area contributed by atoms with Crippen molar-refractivity contribution in [3.63, 3.8) is 0 Å². The van der Waals surface area contributed by atoms with Gasteiger partial charge < -0.3 is 24.4 Å². The number of ether oxygens (including phenoxy) is 3. The van der Waals surface area contributed by atoms with E-state index in [0.29, 0.717) is 30.3 Å². The molecule has 24 heavy (non-hydrogen) atoms. The van der Waals surface area contributed by atoms with Crippen LogP contribution in [-0.4, -0.2) is 51.0 Å². The first-order valence-corrected chi connectivity index (χ1v) is 7.94. The van der Waals surface area contributed by atoms with E-state index in [1.54, 1.807) is 30.2 Å². The van der Waals surface area contributed by atoms with Crippen LogP contribution < -0.4 is 14.8 Å². The number of rotatable bonds is 7. The second-order valence-corrected chi connectivity index (χ2v) is 5.49. The fourth-order valence-electron chi connectivity index (χ4n) is 2.60. The molecule has 1 N–H and O–H groups in total. The molecule has 0 saturated carbocycles. The molecule has 1 aromatic carbocycles. The maximum absolute atomic E-state index is 12.6. The maximum atomic E-state index is 12.6. The molecule has 1 heterocycles. The zero-order valence-electron chi connectivity index (χ0n) is 14.1. The van der Waals surface area contributed by atoms with Crippen molar-refractivity contribution in [3.8, 4) is 17.6 Å². The zero-order valence-corrected chi connectivity index (χ0v) is 14.1. The minimum atomic E-state index is -0.285. The van der Waals surface area contributed by atoms with Crippen molar-refractivity contribution in [2.24, 2.45) is 0 Å². The highest BCUT2D eigenvalue weighted by molar-refractivity contribution is 5.91. The lowest BCUT2D eigenvalue weighted by Gasteiger charge is -2.25. The van der Waals surface area contributed by atoms with E-state index in [1.807, 2.05) is 0 Å². The quantitative estimate of drug-likeness (QED) is 0.829. The number of carbonyl (C=O) groups excluding carboxylic acids is 1. The first kappa shape index (κ1) is 17.9. The van der Waals surface area contributed by atoms with Gasteiger partial charge in [0.1, 0.15) is 11.5 Å². The van der Waals surface area contributed by atoms with Crippen molar-refractivity contribution in [2.75, 3.05) is 39.2 Å². The molecule has 7 nitrogen and oxygen atoms in total. The Balaban J connectivity index is 2.09. The number of hydrogen-bond donors (Lipinski definition) is 1. The third-order valence-electron chi connectivity index (χ3n) is 3.88. The van der Waals surface area contributed by atoms with Gasteiger partial charge in [-0.25, -0.2) is 4.79 Å². The predicted octanol–water partition coefficient (Wildman–Crippen LogP) is 2.63. The molecule has 130 valence electrons. The molecule has 1 aromatic rings. The molecule has 1 unspecified atom stereocenters. The van der Waals surface area contributed by atoms with Crippen molar-refractivity contribution in [1.82, 2.24) is 4.90 Å². The summed E-state index contributed by atoms with van der Waals surface area (Å²) in [5, 5.41) is 11.7. The smallest absolute Gasteiger partial charge is 0.322 e. The second-order valence-electron chi connectivity index (χ2n) is 5.49. The number of methoxy groups -OCH3 is 2. The van der Waals surface area contributed by atoms with E-state index in [1.165, 1.54) is 7.11 Å². The van der Waals surface area contributed by atoms with E-state index in [-0.39, 0.29) is 18.6 Å². The molecule has 0 radical (unpaired) electrons. The van der Waals surface area contributed by atoms with Crippen LogP contribution in [0.1, 0.15) is 19.3 Å². The molecule has 7 heteroatoms. The lowest BCUT2D eigenvalue weighted by atomic mass is 10.2. The molecular formula is C17H23N3O4. The Hall–Kier alpha value is -2.46.